The number of hydrogen-bond donors (Lipinski definition) is 2. The minimum atomic E-state index is -3.36. The van der Waals surface area contributed by atoms with E-state index in [0.29, 0.717) is 23.9 Å². The van der Waals surface area contributed by atoms with Crippen molar-refractivity contribution in [3.8, 4) is 0 Å². The van der Waals surface area contributed by atoms with Crippen LogP contribution in [0, 0.1) is 5.92 Å². The molecule has 2 rings (SSSR count). The van der Waals surface area contributed by atoms with Gasteiger partial charge in [-0.05, 0) is 55.8 Å². The Hall–Kier alpha value is -0.910. The monoisotopic (exact) mass is 296 g/mol. The highest BCUT2D eigenvalue weighted by molar-refractivity contribution is 7.89. The first-order valence-corrected chi connectivity index (χ1v) is 8.89. The Kier molecular flexibility index (Phi) is 5.57. The Morgan fingerprint density at radius 3 is 2.40 bits per heavy atom. The van der Waals surface area contributed by atoms with Gasteiger partial charge in [0.25, 0.3) is 0 Å². The van der Waals surface area contributed by atoms with Gasteiger partial charge in [0.05, 0.1) is 4.90 Å². The molecule has 4 nitrogen and oxygen atoms in total. The van der Waals surface area contributed by atoms with Gasteiger partial charge in [-0.3, -0.25) is 0 Å². The van der Waals surface area contributed by atoms with E-state index < -0.39 is 10.0 Å². The average molecular weight is 296 g/mol. The van der Waals surface area contributed by atoms with Crippen LogP contribution in [0.25, 0.3) is 0 Å². The first kappa shape index (κ1) is 15.5. The Balaban J connectivity index is 1.94. The van der Waals surface area contributed by atoms with Gasteiger partial charge in [-0.1, -0.05) is 25.0 Å². The molecular weight excluding hydrogens is 272 g/mol. The minimum Gasteiger partial charge on any atom is -0.330 e. The summed E-state index contributed by atoms with van der Waals surface area (Å²) < 4.78 is 27.1. The van der Waals surface area contributed by atoms with Gasteiger partial charge in [-0.15, -0.1) is 0 Å². The fourth-order valence-electron chi connectivity index (χ4n) is 2.67. The summed E-state index contributed by atoms with van der Waals surface area (Å²) in [7, 11) is -3.36. The van der Waals surface area contributed by atoms with Gasteiger partial charge in [0.15, 0.2) is 0 Å². The smallest absolute Gasteiger partial charge is 0.240 e. The van der Waals surface area contributed by atoms with Gasteiger partial charge in [-0.2, -0.15) is 0 Å². The Labute approximate surface area is 121 Å². The van der Waals surface area contributed by atoms with Crippen LogP contribution < -0.4 is 10.5 Å². The number of sulfonamides is 1. The highest BCUT2D eigenvalue weighted by atomic mass is 32.2. The normalized spacial score (nSPS) is 16.6. The zero-order valence-corrected chi connectivity index (χ0v) is 12.7. The van der Waals surface area contributed by atoms with E-state index in [2.05, 4.69) is 4.72 Å². The molecule has 1 saturated carbocycles. The molecule has 0 amide bonds. The molecule has 112 valence electrons. The zero-order valence-electron chi connectivity index (χ0n) is 11.8. The van der Waals surface area contributed by atoms with E-state index >= 15 is 0 Å². The van der Waals surface area contributed by atoms with Gasteiger partial charge >= 0.3 is 0 Å². The van der Waals surface area contributed by atoms with Crippen LogP contribution in [0.15, 0.2) is 29.2 Å². The van der Waals surface area contributed by atoms with Crippen LogP contribution >= 0.6 is 0 Å². The number of hydrogen-bond acceptors (Lipinski definition) is 3. The quantitative estimate of drug-likeness (QED) is 0.809. The van der Waals surface area contributed by atoms with Gasteiger partial charge in [0.1, 0.15) is 0 Å². The van der Waals surface area contributed by atoms with E-state index in [4.69, 9.17) is 5.73 Å². The highest BCUT2D eigenvalue weighted by Crippen LogP contribution is 2.24. The molecule has 0 bridgehead atoms. The topological polar surface area (TPSA) is 72.2 Å². The first-order valence-electron chi connectivity index (χ1n) is 7.40. The summed E-state index contributed by atoms with van der Waals surface area (Å²) in [5, 5.41) is 0. The van der Waals surface area contributed by atoms with Crippen LogP contribution in [-0.4, -0.2) is 21.5 Å². The third kappa shape index (κ3) is 4.30. The van der Waals surface area contributed by atoms with E-state index in [-0.39, 0.29) is 0 Å². The van der Waals surface area contributed by atoms with Crippen molar-refractivity contribution in [2.24, 2.45) is 11.7 Å². The van der Waals surface area contributed by atoms with Gasteiger partial charge in [0.2, 0.25) is 10.0 Å². The van der Waals surface area contributed by atoms with Crippen molar-refractivity contribution >= 4 is 10.0 Å². The molecule has 1 aromatic rings. The largest absolute Gasteiger partial charge is 0.330 e. The Bertz CT molecular complexity index is 505. The van der Waals surface area contributed by atoms with E-state index in [0.717, 1.165) is 31.2 Å². The van der Waals surface area contributed by atoms with E-state index in [9.17, 15) is 8.42 Å². The van der Waals surface area contributed by atoms with E-state index in [1.165, 1.54) is 12.8 Å². The third-order valence-corrected chi connectivity index (χ3v) is 5.38. The third-order valence-electron chi connectivity index (χ3n) is 3.94. The Morgan fingerprint density at radius 1 is 1.15 bits per heavy atom. The summed E-state index contributed by atoms with van der Waals surface area (Å²) in [4.78, 5) is 0.354. The second-order valence-electron chi connectivity index (χ2n) is 5.54. The molecule has 0 heterocycles. The minimum absolute atomic E-state index is 0.354. The molecule has 1 aromatic carbocycles. The van der Waals surface area contributed by atoms with Crippen LogP contribution in [-0.2, 0) is 16.4 Å². The van der Waals surface area contributed by atoms with Crippen molar-refractivity contribution < 1.29 is 8.42 Å². The maximum Gasteiger partial charge on any atom is 0.240 e. The summed E-state index contributed by atoms with van der Waals surface area (Å²) in [6.45, 7) is 1.22. The van der Waals surface area contributed by atoms with Crippen molar-refractivity contribution in [2.45, 2.75) is 43.4 Å². The molecule has 1 aliphatic carbocycles. The van der Waals surface area contributed by atoms with Gasteiger partial charge < -0.3 is 5.73 Å². The second kappa shape index (κ2) is 7.20. The number of nitrogens with two attached hydrogens (primary N) is 1. The lowest BCUT2D eigenvalue weighted by molar-refractivity contribution is 0.519. The molecule has 1 aliphatic rings. The molecule has 5 heteroatoms. The predicted molar refractivity (Wildman–Crippen MR) is 81.0 cm³/mol. The van der Waals surface area contributed by atoms with Crippen molar-refractivity contribution in [3.05, 3.63) is 29.8 Å². The van der Waals surface area contributed by atoms with Crippen LogP contribution in [0.2, 0.25) is 0 Å². The molecule has 0 atom stereocenters. The highest BCUT2D eigenvalue weighted by Gasteiger charge is 2.19. The van der Waals surface area contributed by atoms with E-state index in [1.807, 2.05) is 12.1 Å². The van der Waals surface area contributed by atoms with Crippen molar-refractivity contribution in [1.29, 1.82) is 0 Å². The summed E-state index contributed by atoms with van der Waals surface area (Å²) in [5.74, 6) is 0.508. The lowest BCUT2D eigenvalue weighted by Gasteiger charge is -2.11. The second-order valence-corrected chi connectivity index (χ2v) is 7.31. The average Bonchev–Trinajstić information content (AvgIpc) is 2.97. The fraction of sp³-hybridized carbons (Fsp3) is 0.600. The zero-order chi connectivity index (χ0) is 14.4. The van der Waals surface area contributed by atoms with E-state index in [1.54, 1.807) is 12.1 Å². The summed E-state index contributed by atoms with van der Waals surface area (Å²) in [5.41, 5.74) is 6.60. The molecule has 0 spiro atoms. The van der Waals surface area contributed by atoms with Crippen LogP contribution in [0.5, 0.6) is 0 Å². The Morgan fingerprint density at radius 2 is 1.80 bits per heavy atom. The molecular formula is C15H24N2O2S. The molecule has 3 N–H and O–H groups in total. The molecule has 0 unspecified atom stereocenters. The van der Waals surface area contributed by atoms with Crippen LogP contribution in [0.1, 0.15) is 37.7 Å². The number of benzene rings is 1. The van der Waals surface area contributed by atoms with Crippen LogP contribution in [0.4, 0.5) is 0 Å². The fourth-order valence-corrected chi connectivity index (χ4v) is 3.78. The van der Waals surface area contributed by atoms with Gasteiger partial charge in [0, 0.05) is 6.54 Å². The summed E-state index contributed by atoms with van der Waals surface area (Å²) in [6.07, 6.45) is 6.55. The molecule has 1 fully saturated rings. The van der Waals surface area contributed by atoms with Crippen molar-refractivity contribution in [2.75, 3.05) is 13.1 Å². The number of rotatable bonds is 7. The first-order chi connectivity index (χ1) is 9.62. The molecule has 0 aliphatic heterocycles. The van der Waals surface area contributed by atoms with Gasteiger partial charge in [-0.25, -0.2) is 13.1 Å². The summed E-state index contributed by atoms with van der Waals surface area (Å²) >= 11 is 0. The molecule has 0 saturated heterocycles. The standard InChI is InChI=1S/C15H24N2O2S/c16-11-3-6-13-7-9-15(10-8-13)20(18,19)17-12-14-4-1-2-5-14/h7-10,14,17H,1-6,11-12,16H2. The maximum absolute atomic E-state index is 12.2. The lowest BCUT2D eigenvalue weighted by Crippen LogP contribution is -2.28. The lowest BCUT2D eigenvalue weighted by atomic mass is 10.1. The summed E-state index contributed by atoms with van der Waals surface area (Å²) in [6, 6.07) is 7.12. The van der Waals surface area contributed by atoms with Crippen molar-refractivity contribution in [3.63, 3.8) is 0 Å². The van der Waals surface area contributed by atoms with Crippen LogP contribution in [0.3, 0.4) is 0 Å². The SMILES string of the molecule is NCCCc1ccc(S(=O)(=O)NCC2CCCC2)cc1. The maximum atomic E-state index is 12.2. The number of nitrogens with one attached hydrogen (secondary N) is 1. The number of aryl methyl sites for hydroxylation is 1. The molecule has 0 aromatic heterocycles. The predicted octanol–water partition coefficient (Wildman–Crippen LogP) is 2.05. The molecule has 20 heavy (non-hydrogen) atoms. The molecule has 0 radical (unpaired) electrons. The van der Waals surface area contributed by atoms with Crippen molar-refractivity contribution in [1.82, 2.24) is 4.72 Å².